The molecule has 2 N–H and O–H groups in total. The summed E-state index contributed by atoms with van der Waals surface area (Å²) < 4.78 is 39.1. The number of aromatic hydroxyl groups is 1. The van der Waals surface area contributed by atoms with E-state index in [-0.39, 0.29) is 12.3 Å². The molecule has 0 spiro atoms. The van der Waals surface area contributed by atoms with Crippen LogP contribution in [-0.2, 0) is 6.54 Å². The third-order valence-electron chi connectivity index (χ3n) is 2.54. The molecule has 0 saturated carbocycles. The zero-order valence-electron chi connectivity index (χ0n) is 9.70. The van der Waals surface area contributed by atoms with Gasteiger partial charge in [-0.25, -0.2) is 0 Å². The van der Waals surface area contributed by atoms with Gasteiger partial charge in [0.25, 0.3) is 0 Å². The molecule has 1 aromatic carbocycles. The molecule has 1 aromatic rings. The Balaban J connectivity index is 2.88. The van der Waals surface area contributed by atoms with Crippen LogP contribution >= 0.6 is 31.9 Å². The number of phenols is 1. The summed E-state index contributed by atoms with van der Waals surface area (Å²) in [5.74, 6) is -0.0660. The van der Waals surface area contributed by atoms with Crippen LogP contribution in [0.25, 0.3) is 0 Å². The Bertz CT molecular complexity index is 447. The van der Waals surface area contributed by atoms with E-state index in [2.05, 4.69) is 37.2 Å². The predicted octanol–water partition coefficient (Wildman–Crippen LogP) is 4.35. The van der Waals surface area contributed by atoms with Crippen LogP contribution in [-0.4, -0.2) is 16.8 Å². The molecular formula is C11H12Br2F3NO. The summed E-state index contributed by atoms with van der Waals surface area (Å²) >= 11 is 6.34. The van der Waals surface area contributed by atoms with E-state index in [9.17, 15) is 18.3 Å². The van der Waals surface area contributed by atoms with Gasteiger partial charge in [-0.2, -0.15) is 13.2 Å². The number of halogens is 5. The molecule has 1 rings (SSSR count). The van der Waals surface area contributed by atoms with Crippen LogP contribution in [0.15, 0.2) is 21.1 Å². The highest BCUT2D eigenvalue weighted by Crippen LogP contribution is 2.33. The van der Waals surface area contributed by atoms with E-state index in [1.807, 2.05) is 0 Å². The van der Waals surface area contributed by atoms with Crippen molar-refractivity contribution in [2.45, 2.75) is 32.1 Å². The van der Waals surface area contributed by atoms with Crippen LogP contribution in [0.3, 0.4) is 0 Å². The summed E-state index contributed by atoms with van der Waals surface area (Å²) in [5, 5.41) is 12.1. The van der Waals surface area contributed by atoms with E-state index < -0.39 is 11.7 Å². The summed E-state index contributed by atoms with van der Waals surface area (Å²) in [6, 6.07) is 3.19. The van der Waals surface area contributed by atoms with Crippen LogP contribution in [0.2, 0.25) is 0 Å². The summed E-state index contributed by atoms with van der Waals surface area (Å²) in [5.41, 5.74) is -1.64. The first-order valence-electron chi connectivity index (χ1n) is 5.03. The zero-order valence-corrected chi connectivity index (χ0v) is 12.9. The van der Waals surface area contributed by atoms with Gasteiger partial charge in [-0.05, 0) is 41.9 Å². The highest BCUT2D eigenvalue weighted by Gasteiger charge is 2.46. The Morgan fingerprint density at radius 1 is 1.22 bits per heavy atom. The Morgan fingerprint density at radius 2 is 1.78 bits per heavy atom. The van der Waals surface area contributed by atoms with Gasteiger partial charge in [0.2, 0.25) is 0 Å². The fourth-order valence-electron chi connectivity index (χ4n) is 1.17. The number of rotatable bonds is 3. The van der Waals surface area contributed by atoms with E-state index in [4.69, 9.17) is 0 Å². The van der Waals surface area contributed by atoms with Crippen molar-refractivity contribution in [1.82, 2.24) is 5.32 Å². The minimum Gasteiger partial charge on any atom is -0.506 e. The lowest BCUT2D eigenvalue weighted by Crippen LogP contribution is -2.51. The second-order valence-corrected chi connectivity index (χ2v) is 6.14. The molecule has 0 fully saturated rings. The number of alkyl halides is 3. The van der Waals surface area contributed by atoms with Gasteiger partial charge in [0.15, 0.2) is 0 Å². The van der Waals surface area contributed by atoms with Crippen molar-refractivity contribution in [2.24, 2.45) is 0 Å². The average Bonchev–Trinajstić information content (AvgIpc) is 2.19. The number of benzene rings is 1. The van der Waals surface area contributed by atoms with E-state index in [1.165, 1.54) is 0 Å². The Labute approximate surface area is 120 Å². The highest BCUT2D eigenvalue weighted by atomic mass is 79.9. The van der Waals surface area contributed by atoms with Crippen molar-refractivity contribution >= 4 is 31.9 Å². The molecule has 0 aliphatic carbocycles. The molecule has 0 amide bonds. The van der Waals surface area contributed by atoms with Gasteiger partial charge in [-0.3, -0.25) is 5.32 Å². The molecule has 7 heteroatoms. The van der Waals surface area contributed by atoms with Crippen LogP contribution in [0.1, 0.15) is 19.4 Å². The smallest absolute Gasteiger partial charge is 0.406 e. The first-order chi connectivity index (χ1) is 8.04. The monoisotopic (exact) mass is 389 g/mol. The van der Waals surface area contributed by atoms with Crippen LogP contribution in [0, 0.1) is 0 Å². The Morgan fingerprint density at radius 3 is 2.28 bits per heavy atom. The highest BCUT2D eigenvalue weighted by molar-refractivity contribution is 9.11. The Kier molecular flexibility index (Phi) is 4.72. The van der Waals surface area contributed by atoms with Crippen molar-refractivity contribution in [3.8, 4) is 5.75 Å². The predicted molar refractivity (Wildman–Crippen MR) is 70.5 cm³/mol. The molecule has 18 heavy (non-hydrogen) atoms. The average molecular weight is 391 g/mol. The fraction of sp³-hybridized carbons (Fsp3) is 0.455. The largest absolute Gasteiger partial charge is 0.506 e. The maximum absolute atomic E-state index is 12.7. The van der Waals surface area contributed by atoms with E-state index >= 15 is 0 Å². The number of nitrogens with one attached hydrogen (secondary N) is 1. The molecular weight excluding hydrogens is 379 g/mol. The van der Waals surface area contributed by atoms with Crippen LogP contribution in [0.5, 0.6) is 5.75 Å². The first-order valence-corrected chi connectivity index (χ1v) is 6.62. The number of phenolic OH excluding ortho intramolecular Hbond substituents is 1. The van der Waals surface area contributed by atoms with Crippen molar-refractivity contribution in [2.75, 3.05) is 0 Å². The molecule has 0 unspecified atom stereocenters. The molecule has 0 aromatic heterocycles. The second kappa shape index (κ2) is 5.38. The SMILES string of the molecule is CC(C)(NCc1cc(Br)cc(Br)c1O)C(F)(F)F. The molecule has 0 bridgehead atoms. The van der Waals surface area contributed by atoms with Gasteiger partial charge in [-0.15, -0.1) is 0 Å². The summed E-state index contributed by atoms with van der Waals surface area (Å²) in [4.78, 5) is 0. The van der Waals surface area contributed by atoms with E-state index in [1.54, 1.807) is 12.1 Å². The number of hydrogen-bond donors (Lipinski definition) is 2. The summed E-state index contributed by atoms with van der Waals surface area (Å²) in [6.45, 7) is 2.02. The molecule has 0 radical (unpaired) electrons. The Hall–Kier alpha value is -0.270. The van der Waals surface area contributed by atoms with Gasteiger partial charge in [0.05, 0.1) is 4.47 Å². The molecule has 102 valence electrons. The number of hydrogen-bond acceptors (Lipinski definition) is 2. The third kappa shape index (κ3) is 3.61. The van der Waals surface area contributed by atoms with Crippen molar-refractivity contribution in [3.63, 3.8) is 0 Å². The maximum Gasteiger partial charge on any atom is 0.406 e. The van der Waals surface area contributed by atoms with Crippen molar-refractivity contribution in [3.05, 3.63) is 26.6 Å². The lowest BCUT2D eigenvalue weighted by atomic mass is 10.0. The molecule has 0 aliphatic rings. The molecule has 0 saturated heterocycles. The maximum atomic E-state index is 12.7. The fourth-order valence-corrected chi connectivity index (χ4v) is 2.48. The van der Waals surface area contributed by atoms with Crippen LogP contribution < -0.4 is 5.32 Å². The quantitative estimate of drug-likeness (QED) is 0.804. The van der Waals surface area contributed by atoms with Gasteiger partial charge >= 0.3 is 6.18 Å². The second-order valence-electron chi connectivity index (χ2n) is 4.37. The van der Waals surface area contributed by atoms with Crippen LogP contribution in [0.4, 0.5) is 13.2 Å². The zero-order chi connectivity index (χ0) is 14.1. The minimum absolute atomic E-state index is 0.0660. The molecule has 2 nitrogen and oxygen atoms in total. The molecule has 0 aliphatic heterocycles. The first kappa shape index (κ1) is 15.8. The summed E-state index contributed by atoms with van der Waals surface area (Å²) in [6.07, 6.45) is -4.36. The molecule has 0 heterocycles. The summed E-state index contributed by atoms with van der Waals surface area (Å²) in [7, 11) is 0. The van der Waals surface area contributed by atoms with Gasteiger partial charge in [0, 0.05) is 16.6 Å². The third-order valence-corrected chi connectivity index (χ3v) is 3.60. The van der Waals surface area contributed by atoms with E-state index in [0.29, 0.717) is 14.5 Å². The van der Waals surface area contributed by atoms with Crippen molar-refractivity contribution < 1.29 is 18.3 Å². The lowest BCUT2D eigenvalue weighted by Gasteiger charge is -2.29. The van der Waals surface area contributed by atoms with E-state index in [0.717, 1.165) is 13.8 Å². The standard InChI is InChI=1S/C11H12Br2F3NO/c1-10(2,11(14,15)16)17-5-6-3-7(12)4-8(13)9(6)18/h3-4,17-18H,5H2,1-2H3. The van der Waals surface area contributed by atoms with Gasteiger partial charge in [-0.1, -0.05) is 15.9 Å². The lowest BCUT2D eigenvalue weighted by molar-refractivity contribution is -0.186. The molecule has 0 atom stereocenters. The van der Waals surface area contributed by atoms with Crippen molar-refractivity contribution in [1.29, 1.82) is 0 Å². The topological polar surface area (TPSA) is 32.3 Å². The normalized spacial score (nSPS) is 12.8. The minimum atomic E-state index is -4.36. The van der Waals surface area contributed by atoms with Gasteiger partial charge in [0.1, 0.15) is 11.3 Å². The van der Waals surface area contributed by atoms with Gasteiger partial charge < -0.3 is 5.11 Å².